The summed E-state index contributed by atoms with van der Waals surface area (Å²) in [7, 11) is 0. The standard InChI is InChI=1S/C11H12N2O2/c1-11(2,3)8-7-5-4-6-12-9(7)15-10(14)13-8/h4-6H,1-3H3. The van der Waals surface area contributed by atoms with Gasteiger partial charge in [0.15, 0.2) is 0 Å². The number of aromatic nitrogens is 2. The van der Waals surface area contributed by atoms with Crippen molar-refractivity contribution in [1.29, 1.82) is 0 Å². The van der Waals surface area contributed by atoms with Gasteiger partial charge in [-0.15, -0.1) is 0 Å². The maximum absolute atomic E-state index is 11.2. The van der Waals surface area contributed by atoms with Gasteiger partial charge in [0.2, 0.25) is 5.71 Å². The first-order valence-corrected chi connectivity index (χ1v) is 4.75. The third-order valence-electron chi connectivity index (χ3n) is 2.12. The molecule has 15 heavy (non-hydrogen) atoms. The van der Waals surface area contributed by atoms with Crippen LogP contribution in [-0.2, 0) is 5.41 Å². The molecule has 0 saturated heterocycles. The highest BCUT2D eigenvalue weighted by atomic mass is 16.4. The van der Waals surface area contributed by atoms with Crippen molar-refractivity contribution in [3.8, 4) is 0 Å². The molecule has 0 amide bonds. The van der Waals surface area contributed by atoms with E-state index in [9.17, 15) is 4.79 Å². The maximum Gasteiger partial charge on any atom is 0.440 e. The van der Waals surface area contributed by atoms with Crippen LogP contribution in [0.15, 0.2) is 27.5 Å². The number of hydrogen-bond donors (Lipinski definition) is 0. The molecule has 2 aromatic rings. The van der Waals surface area contributed by atoms with Crippen LogP contribution in [0.5, 0.6) is 0 Å². The molecule has 4 nitrogen and oxygen atoms in total. The highest BCUT2D eigenvalue weighted by Gasteiger charge is 2.20. The summed E-state index contributed by atoms with van der Waals surface area (Å²) in [6.45, 7) is 6.00. The molecule has 0 aromatic carbocycles. The van der Waals surface area contributed by atoms with Gasteiger partial charge in [0, 0.05) is 11.6 Å². The van der Waals surface area contributed by atoms with Crippen LogP contribution in [0.25, 0.3) is 11.1 Å². The molecule has 0 bridgehead atoms. The Hall–Kier alpha value is -1.71. The van der Waals surface area contributed by atoms with Crippen molar-refractivity contribution in [3.05, 3.63) is 34.6 Å². The molecule has 0 unspecified atom stereocenters. The number of pyridine rings is 1. The molecule has 78 valence electrons. The summed E-state index contributed by atoms with van der Waals surface area (Å²) in [5.41, 5.74) is 0.876. The number of nitrogens with zero attached hydrogens (tertiary/aromatic N) is 2. The van der Waals surface area contributed by atoms with Crippen molar-refractivity contribution in [3.63, 3.8) is 0 Å². The van der Waals surface area contributed by atoms with Gasteiger partial charge in [0.05, 0.1) is 11.1 Å². The fourth-order valence-corrected chi connectivity index (χ4v) is 1.48. The molecular weight excluding hydrogens is 192 g/mol. The van der Waals surface area contributed by atoms with E-state index in [0.29, 0.717) is 5.71 Å². The van der Waals surface area contributed by atoms with Crippen molar-refractivity contribution in [2.24, 2.45) is 0 Å². The molecule has 4 heteroatoms. The third-order valence-corrected chi connectivity index (χ3v) is 2.12. The molecule has 0 saturated carbocycles. The minimum absolute atomic E-state index is 0.197. The Morgan fingerprint density at radius 2 is 2.07 bits per heavy atom. The zero-order valence-corrected chi connectivity index (χ0v) is 8.94. The van der Waals surface area contributed by atoms with E-state index in [2.05, 4.69) is 9.97 Å². The van der Waals surface area contributed by atoms with E-state index < -0.39 is 5.76 Å². The van der Waals surface area contributed by atoms with Gasteiger partial charge in [-0.3, -0.25) is 0 Å². The first-order valence-electron chi connectivity index (χ1n) is 4.75. The van der Waals surface area contributed by atoms with Gasteiger partial charge in [-0.2, -0.15) is 4.98 Å². The fraction of sp³-hybridized carbons (Fsp3) is 0.364. The summed E-state index contributed by atoms with van der Waals surface area (Å²) in [5, 5.41) is 0.796. The Balaban J connectivity index is 2.89. The predicted molar refractivity (Wildman–Crippen MR) is 56.8 cm³/mol. The number of rotatable bonds is 0. The van der Waals surface area contributed by atoms with Crippen LogP contribution in [0.3, 0.4) is 0 Å². The van der Waals surface area contributed by atoms with Gasteiger partial charge in [-0.05, 0) is 12.1 Å². The molecule has 2 aromatic heterocycles. The fourth-order valence-electron chi connectivity index (χ4n) is 1.48. The summed E-state index contributed by atoms with van der Waals surface area (Å²) in [6, 6.07) is 3.66. The Bertz CT molecular complexity index is 552. The van der Waals surface area contributed by atoms with Crippen LogP contribution in [0.1, 0.15) is 26.5 Å². The molecule has 0 spiro atoms. The molecule has 0 atom stereocenters. The second-order valence-corrected chi connectivity index (χ2v) is 4.43. The lowest BCUT2D eigenvalue weighted by molar-refractivity contribution is 0.491. The molecule has 0 radical (unpaired) electrons. The van der Waals surface area contributed by atoms with Crippen LogP contribution in [0.4, 0.5) is 0 Å². The van der Waals surface area contributed by atoms with E-state index in [-0.39, 0.29) is 5.41 Å². The van der Waals surface area contributed by atoms with Crippen LogP contribution >= 0.6 is 0 Å². The predicted octanol–water partition coefficient (Wildman–Crippen LogP) is 1.88. The van der Waals surface area contributed by atoms with Crippen LogP contribution in [0, 0.1) is 0 Å². The minimum atomic E-state index is -0.592. The lowest BCUT2D eigenvalue weighted by Crippen LogP contribution is -2.19. The topological polar surface area (TPSA) is 56.0 Å². The monoisotopic (exact) mass is 204 g/mol. The van der Waals surface area contributed by atoms with Gasteiger partial charge in [-0.25, -0.2) is 9.78 Å². The lowest BCUT2D eigenvalue weighted by atomic mass is 9.90. The van der Waals surface area contributed by atoms with Crippen LogP contribution in [0.2, 0.25) is 0 Å². The van der Waals surface area contributed by atoms with Crippen molar-refractivity contribution in [2.75, 3.05) is 0 Å². The highest BCUT2D eigenvalue weighted by molar-refractivity contribution is 5.75. The SMILES string of the molecule is CC(C)(C)c1nc(=O)oc2ncccc12. The van der Waals surface area contributed by atoms with Crippen molar-refractivity contribution < 1.29 is 4.42 Å². The van der Waals surface area contributed by atoms with E-state index >= 15 is 0 Å². The summed E-state index contributed by atoms with van der Waals surface area (Å²) >= 11 is 0. The molecular formula is C11H12N2O2. The van der Waals surface area contributed by atoms with Gasteiger partial charge in [0.1, 0.15) is 0 Å². The molecule has 0 fully saturated rings. The molecule has 0 aliphatic carbocycles. The van der Waals surface area contributed by atoms with E-state index in [1.54, 1.807) is 12.3 Å². The smallest absolute Gasteiger partial charge is 0.389 e. The Morgan fingerprint density at radius 1 is 1.33 bits per heavy atom. The second kappa shape index (κ2) is 3.15. The van der Waals surface area contributed by atoms with Gasteiger partial charge in [0.25, 0.3) is 0 Å². The maximum atomic E-state index is 11.2. The summed E-state index contributed by atoms with van der Waals surface area (Å²) in [6.07, 6.45) is 1.59. The van der Waals surface area contributed by atoms with E-state index in [1.165, 1.54) is 0 Å². The van der Waals surface area contributed by atoms with Gasteiger partial charge < -0.3 is 4.42 Å². The average Bonchev–Trinajstić information content (AvgIpc) is 2.15. The molecule has 2 rings (SSSR count). The van der Waals surface area contributed by atoms with Gasteiger partial charge >= 0.3 is 5.76 Å². The quantitative estimate of drug-likeness (QED) is 0.657. The Kier molecular flexibility index (Phi) is 2.07. The van der Waals surface area contributed by atoms with Crippen molar-refractivity contribution >= 4 is 11.1 Å². The number of fused-ring (bicyclic) bond motifs is 1. The molecule has 0 aliphatic rings. The zero-order chi connectivity index (χ0) is 11.1. The summed E-state index contributed by atoms with van der Waals surface area (Å²) in [5.74, 6) is -0.592. The average molecular weight is 204 g/mol. The molecule has 2 heterocycles. The normalized spacial score (nSPS) is 11.9. The van der Waals surface area contributed by atoms with Crippen molar-refractivity contribution in [1.82, 2.24) is 9.97 Å². The van der Waals surface area contributed by atoms with E-state index in [0.717, 1.165) is 11.1 Å². The van der Waals surface area contributed by atoms with Crippen LogP contribution in [-0.4, -0.2) is 9.97 Å². The van der Waals surface area contributed by atoms with Crippen LogP contribution < -0.4 is 5.76 Å². The van der Waals surface area contributed by atoms with E-state index in [1.807, 2.05) is 26.8 Å². The largest absolute Gasteiger partial charge is 0.440 e. The first kappa shape index (κ1) is 9.83. The zero-order valence-electron chi connectivity index (χ0n) is 8.94. The molecule has 0 aliphatic heterocycles. The Labute approximate surface area is 87.0 Å². The Morgan fingerprint density at radius 3 is 2.73 bits per heavy atom. The van der Waals surface area contributed by atoms with E-state index in [4.69, 9.17) is 4.42 Å². The minimum Gasteiger partial charge on any atom is -0.389 e. The van der Waals surface area contributed by atoms with Crippen molar-refractivity contribution in [2.45, 2.75) is 26.2 Å². The number of hydrogen-bond acceptors (Lipinski definition) is 4. The summed E-state index contributed by atoms with van der Waals surface area (Å²) < 4.78 is 4.92. The molecule has 0 N–H and O–H groups in total. The third kappa shape index (κ3) is 1.75. The summed E-state index contributed by atoms with van der Waals surface area (Å²) in [4.78, 5) is 19.2. The lowest BCUT2D eigenvalue weighted by Gasteiger charge is -2.17. The van der Waals surface area contributed by atoms with Gasteiger partial charge in [-0.1, -0.05) is 20.8 Å². The first-order chi connectivity index (χ1) is 6.98. The second-order valence-electron chi connectivity index (χ2n) is 4.43. The highest BCUT2D eigenvalue weighted by Crippen LogP contribution is 2.25.